The number of halogens is 1. The molecule has 0 amide bonds. The molecule has 7 nitrogen and oxygen atoms in total. The molecule has 2 unspecified atom stereocenters. The van der Waals surface area contributed by atoms with Crippen LogP contribution in [-0.4, -0.2) is 38.8 Å². The van der Waals surface area contributed by atoms with E-state index in [2.05, 4.69) is 15.0 Å². The SMILES string of the molecule is CCOC(=O)c1cnn2ccc(N3CCC4CC43c3cc(F)ccc3O)nc12. The van der Waals surface area contributed by atoms with Gasteiger partial charge in [-0.25, -0.2) is 18.7 Å². The molecule has 144 valence electrons. The Morgan fingerprint density at radius 2 is 2.29 bits per heavy atom. The predicted molar refractivity (Wildman–Crippen MR) is 98.8 cm³/mol. The quantitative estimate of drug-likeness (QED) is 0.699. The summed E-state index contributed by atoms with van der Waals surface area (Å²) >= 11 is 0. The highest BCUT2D eigenvalue weighted by atomic mass is 19.1. The number of piperidine rings is 1. The third-order valence-corrected chi connectivity index (χ3v) is 5.81. The number of phenols is 1. The minimum atomic E-state index is -0.467. The highest BCUT2D eigenvalue weighted by Gasteiger charge is 2.64. The maximum atomic E-state index is 13.9. The Morgan fingerprint density at radius 1 is 1.43 bits per heavy atom. The number of aromatic nitrogens is 3. The third-order valence-electron chi connectivity index (χ3n) is 5.81. The maximum Gasteiger partial charge on any atom is 0.343 e. The lowest BCUT2D eigenvalue weighted by Gasteiger charge is -2.30. The zero-order valence-electron chi connectivity index (χ0n) is 15.3. The molecule has 2 aromatic heterocycles. The number of fused-ring (bicyclic) bond motifs is 2. The minimum absolute atomic E-state index is 0.0912. The van der Waals surface area contributed by atoms with Gasteiger partial charge in [-0.3, -0.25) is 0 Å². The van der Waals surface area contributed by atoms with Gasteiger partial charge in [-0.2, -0.15) is 5.10 Å². The Kier molecular flexibility index (Phi) is 3.59. The fourth-order valence-electron chi connectivity index (χ4n) is 4.48. The average Bonchev–Trinajstić information content (AvgIpc) is 3.07. The third kappa shape index (κ3) is 2.30. The van der Waals surface area contributed by atoms with E-state index in [0.29, 0.717) is 28.5 Å². The topological polar surface area (TPSA) is 80.0 Å². The molecule has 2 atom stereocenters. The molecule has 2 aliphatic rings. The number of aromatic hydroxyl groups is 1. The second-order valence-electron chi connectivity index (χ2n) is 7.26. The van der Waals surface area contributed by atoms with Crippen LogP contribution in [-0.2, 0) is 10.3 Å². The normalized spacial score (nSPS) is 23.1. The van der Waals surface area contributed by atoms with Crippen LogP contribution in [0.5, 0.6) is 5.75 Å². The van der Waals surface area contributed by atoms with Gasteiger partial charge >= 0.3 is 5.97 Å². The largest absolute Gasteiger partial charge is 0.508 e. The van der Waals surface area contributed by atoms with Gasteiger partial charge in [-0.05, 0) is 49.9 Å². The van der Waals surface area contributed by atoms with Gasteiger partial charge in [0.1, 0.15) is 22.9 Å². The maximum absolute atomic E-state index is 13.9. The molecule has 1 N–H and O–H groups in total. The van der Waals surface area contributed by atoms with E-state index in [9.17, 15) is 14.3 Å². The lowest BCUT2D eigenvalue weighted by molar-refractivity contribution is 0.0528. The van der Waals surface area contributed by atoms with Crippen molar-refractivity contribution >= 4 is 17.4 Å². The van der Waals surface area contributed by atoms with Crippen LogP contribution in [0.15, 0.2) is 36.7 Å². The highest BCUT2D eigenvalue weighted by Crippen LogP contribution is 2.64. The summed E-state index contributed by atoms with van der Waals surface area (Å²) < 4.78 is 20.5. The molecule has 8 heteroatoms. The zero-order valence-corrected chi connectivity index (χ0v) is 15.3. The van der Waals surface area contributed by atoms with Gasteiger partial charge < -0.3 is 14.7 Å². The number of carbonyl (C=O) groups is 1. The van der Waals surface area contributed by atoms with Crippen molar-refractivity contribution in [1.82, 2.24) is 14.6 Å². The molecule has 0 spiro atoms. The number of nitrogens with zero attached hydrogens (tertiary/aromatic N) is 4. The fraction of sp³-hybridized carbons (Fsp3) is 0.350. The van der Waals surface area contributed by atoms with Gasteiger partial charge in [-0.1, -0.05) is 0 Å². The molecular formula is C20H19FN4O3. The van der Waals surface area contributed by atoms with E-state index in [0.717, 1.165) is 19.4 Å². The molecule has 1 saturated heterocycles. The van der Waals surface area contributed by atoms with Crippen molar-refractivity contribution in [2.24, 2.45) is 5.92 Å². The number of ether oxygens (including phenoxy) is 1. The minimum Gasteiger partial charge on any atom is -0.508 e. The van der Waals surface area contributed by atoms with Crippen molar-refractivity contribution in [2.75, 3.05) is 18.1 Å². The molecule has 0 radical (unpaired) electrons. The van der Waals surface area contributed by atoms with Gasteiger partial charge in [0.15, 0.2) is 5.65 Å². The van der Waals surface area contributed by atoms with Crippen molar-refractivity contribution in [1.29, 1.82) is 0 Å². The van der Waals surface area contributed by atoms with Crippen LogP contribution in [0.3, 0.4) is 0 Å². The molecule has 28 heavy (non-hydrogen) atoms. The summed E-state index contributed by atoms with van der Waals surface area (Å²) in [5.74, 6) is 0.261. The number of anilines is 1. The van der Waals surface area contributed by atoms with Crippen LogP contribution in [0.2, 0.25) is 0 Å². The number of hydrogen-bond acceptors (Lipinski definition) is 6. The Labute approximate surface area is 160 Å². The van der Waals surface area contributed by atoms with Gasteiger partial charge in [0, 0.05) is 18.3 Å². The van der Waals surface area contributed by atoms with Gasteiger partial charge in [-0.15, -0.1) is 0 Å². The van der Waals surface area contributed by atoms with E-state index in [-0.39, 0.29) is 18.2 Å². The average molecular weight is 382 g/mol. The molecule has 3 heterocycles. The lowest BCUT2D eigenvalue weighted by Crippen LogP contribution is -2.33. The summed E-state index contributed by atoms with van der Waals surface area (Å²) in [4.78, 5) is 19.0. The predicted octanol–water partition coefficient (Wildman–Crippen LogP) is 2.88. The van der Waals surface area contributed by atoms with Gasteiger partial charge in [0.05, 0.1) is 18.3 Å². The van der Waals surface area contributed by atoms with Crippen LogP contribution in [0.1, 0.15) is 35.7 Å². The highest BCUT2D eigenvalue weighted by molar-refractivity contribution is 5.95. The first-order valence-electron chi connectivity index (χ1n) is 9.32. The first kappa shape index (κ1) is 17.0. The van der Waals surface area contributed by atoms with Crippen LogP contribution in [0.4, 0.5) is 10.2 Å². The number of carbonyl (C=O) groups excluding carboxylic acids is 1. The van der Waals surface area contributed by atoms with Gasteiger partial charge in [0.25, 0.3) is 0 Å². The van der Waals surface area contributed by atoms with Crippen LogP contribution in [0, 0.1) is 11.7 Å². The molecule has 1 saturated carbocycles. The monoisotopic (exact) mass is 382 g/mol. The number of hydrogen-bond donors (Lipinski definition) is 1. The van der Waals surface area contributed by atoms with Crippen LogP contribution < -0.4 is 4.90 Å². The van der Waals surface area contributed by atoms with Crippen molar-refractivity contribution < 1.29 is 19.0 Å². The molecule has 1 aliphatic heterocycles. The first-order valence-corrected chi connectivity index (χ1v) is 9.32. The lowest BCUT2D eigenvalue weighted by atomic mass is 10.0. The van der Waals surface area contributed by atoms with E-state index in [4.69, 9.17) is 4.74 Å². The first-order chi connectivity index (χ1) is 13.5. The van der Waals surface area contributed by atoms with Crippen molar-refractivity contribution in [3.8, 4) is 5.75 Å². The number of benzene rings is 1. The smallest absolute Gasteiger partial charge is 0.343 e. The van der Waals surface area contributed by atoms with Crippen molar-refractivity contribution in [3.05, 3.63) is 53.6 Å². The van der Waals surface area contributed by atoms with E-state index in [1.165, 1.54) is 28.9 Å². The number of esters is 1. The van der Waals surface area contributed by atoms with Crippen molar-refractivity contribution in [3.63, 3.8) is 0 Å². The molecule has 1 aliphatic carbocycles. The Hall–Kier alpha value is -3.16. The van der Waals surface area contributed by atoms with Gasteiger partial charge in [0.2, 0.25) is 0 Å². The fourth-order valence-corrected chi connectivity index (χ4v) is 4.48. The Balaban J connectivity index is 1.59. The van der Waals surface area contributed by atoms with E-state index < -0.39 is 11.5 Å². The molecule has 1 aromatic carbocycles. The Morgan fingerprint density at radius 3 is 3.07 bits per heavy atom. The molecule has 2 fully saturated rings. The van der Waals surface area contributed by atoms with Crippen LogP contribution >= 0.6 is 0 Å². The summed E-state index contributed by atoms with van der Waals surface area (Å²) in [7, 11) is 0. The molecular weight excluding hydrogens is 363 g/mol. The summed E-state index contributed by atoms with van der Waals surface area (Å²) in [6.07, 6.45) is 4.96. The standard InChI is InChI=1S/C20H19FN4O3/c1-2-28-19(27)14-11-22-25-8-6-17(23-18(14)25)24-7-5-12-10-20(12,24)15-9-13(21)3-4-16(15)26/h3-4,6,8-9,11-12,26H,2,5,7,10H2,1H3. The van der Waals surface area contributed by atoms with E-state index in [1.54, 1.807) is 13.1 Å². The summed E-state index contributed by atoms with van der Waals surface area (Å²) in [5.41, 5.74) is 0.856. The molecule has 0 bridgehead atoms. The summed E-state index contributed by atoms with van der Waals surface area (Å²) in [6.45, 7) is 2.76. The number of rotatable bonds is 4. The molecule has 5 rings (SSSR count). The second-order valence-corrected chi connectivity index (χ2v) is 7.26. The second kappa shape index (κ2) is 5.92. The zero-order chi connectivity index (χ0) is 19.5. The van der Waals surface area contributed by atoms with Crippen molar-refractivity contribution in [2.45, 2.75) is 25.3 Å². The Bertz CT molecular complexity index is 1100. The summed E-state index contributed by atoms with van der Waals surface area (Å²) in [5, 5.41) is 14.5. The van der Waals surface area contributed by atoms with E-state index >= 15 is 0 Å². The summed E-state index contributed by atoms with van der Waals surface area (Å²) in [6, 6.07) is 5.90. The van der Waals surface area contributed by atoms with Crippen LogP contribution in [0.25, 0.3) is 5.65 Å². The molecule has 3 aromatic rings. The van der Waals surface area contributed by atoms with E-state index in [1.807, 2.05) is 6.07 Å². The number of phenolic OH excluding ortho intramolecular Hbond substituents is 1.